The third-order valence-corrected chi connectivity index (χ3v) is 6.62. The zero-order valence-electron chi connectivity index (χ0n) is 19.2. The highest BCUT2D eigenvalue weighted by atomic mass is 16.7. The minimum absolute atomic E-state index is 0.445. The van der Waals surface area contributed by atoms with Crippen molar-refractivity contribution < 1.29 is 18.9 Å². The number of para-hydroxylation sites is 1. The summed E-state index contributed by atoms with van der Waals surface area (Å²) in [7, 11) is 1.49. The van der Waals surface area contributed by atoms with E-state index in [4.69, 9.17) is 24.4 Å². The summed E-state index contributed by atoms with van der Waals surface area (Å²) in [6.07, 6.45) is -0.298. The van der Waals surface area contributed by atoms with Gasteiger partial charge in [-0.2, -0.15) is 15.8 Å². The first-order valence-corrected chi connectivity index (χ1v) is 10.9. The van der Waals surface area contributed by atoms with Crippen LogP contribution in [0.15, 0.2) is 48.5 Å². The number of hydrogen-bond acceptors (Lipinski definition) is 8. The van der Waals surface area contributed by atoms with Gasteiger partial charge < -0.3 is 18.9 Å². The molecular weight excluding hydrogens is 432 g/mol. The number of rotatable bonds is 6. The molecule has 0 aliphatic carbocycles. The third kappa shape index (κ3) is 2.95. The van der Waals surface area contributed by atoms with E-state index >= 15 is 0 Å². The molecule has 2 saturated heterocycles. The first-order valence-electron chi connectivity index (χ1n) is 10.9. The Hall–Kier alpha value is -4.06. The maximum Gasteiger partial charge on any atom is 0.219 e. The number of nitriles is 3. The van der Waals surface area contributed by atoms with E-state index in [-0.39, 0.29) is 0 Å². The van der Waals surface area contributed by atoms with Crippen molar-refractivity contribution in [3.05, 3.63) is 59.7 Å². The molecule has 4 rings (SSSR count). The first kappa shape index (κ1) is 23.1. The summed E-state index contributed by atoms with van der Waals surface area (Å²) < 4.78 is 23.4. The van der Waals surface area contributed by atoms with Gasteiger partial charge in [0.05, 0.1) is 37.8 Å². The SMILES string of the molecule is CCCOc1ccc(C2OC3(C)OC(=N)C(C#N)(C3c3ccccc3OC)C2(C#N)C#N)cc1. The molecule has 0 amide bonds. The number of methoxy groups -OCH3 is 1. The largest absolute Gasteiger partial charge is 0.496 e. The van der Waals surface area contributed by atoms with Crippen molar-refractivity contribution in [3.8, 4) is 29.7 Å². The Balaban J connectivity index is 1.93. The van der Waals surface area contributed by atoms with Crippen molar-refractivity contribution in [2.75, 3.05) is 13.7 Å². The summed E-state index contributed by atoms with van der Waals surface area (Å²) in [5.41, 5.74) is -2.99. The smallest absolute Gasteiger partial charge is 0.219 e. The van der Waals surface area contributed by atoms with E-state index < -0.39 is 34.5 Å². The van der Waals surface area contributed by atoms with Gasteiger partial charge in [-0.15, -0.1) is 0 Å². The molecule has 4 atom stereocenters. The molecule has 0 saturated carbocycles. The van der Waals surface area contributed by atoms with E-state index in [9.17, 15) is 15.8 Å². The van der Waals surface area contributed by atoms with Gasteiger partial charge in [-0.3, -0.25) is 5.41 Å². The van der Waals surface area contributed by atoms with Gasteiger partial charge in [0.2, 0.25) is 17.1 Å². The van der Waals surface area contributed by atoms with Crippen LogP contribution < -0.4 is 9.47 Å². The molecule has 8 nitrogen and oxygen atoms in total. The zero-order valence-corrected chi connectivity index (χ0v) is 19.2. The van der Waals surface area contributed by atoms with Crippen LogP contribution in [-0.2, 0) is 9.47 Å². The fraction of sp³-hybridized carbons (Fsp3) is 0.385. The van der Waals surface area contributed by atoms with E-state index in [1.165, 1.54) is 7.11 Å². The summed E-state index contributed by atoms with van der Waals surface area (Å²) >= 11 is 0. The maximum atomic E-state index is 10.6. The lowest BCUT2D eigenvalue weighted by Crippen LogP contribution is -2.57. The summed E-state index contributed by atoms with van der Waals surface area (Å²) in [5.74, 6) is -1.85. The van der Waals surface area contributed by atoms with Gasteiger partial charge in [0.1, 0.15) is 17.6 Å². The lowest BCUT2D eigenvalue weighted by atomic mass is 9.52. The standard InChI is InChI=1S/C26H24N4O4/c1-4-13-32-18-11-9-17(10-12-18)22-25(14-27,15-28)26(16-29)21(24(2,33-22)34-23(26)30)19-7-5-6-8-20(19)31-3/h5-12,21-22,30H,4,13H2,1-3H3. The summed E-state index contributed by atoms with van der Waals surface area (Å²) in [4.78, 5) is 0. The maximum absolute atomic E-state index is 10.6. The molecule has 2 bridgehead atoms. The highest BCUT2D eigenvalue weighted by Gasteiger charge is 2.80. The monoisotopic (exact) mass is 456 g/mol. The number of nitrogens with zero attached hydrogens (tertiary/aromatic N) is 3. The predicted octanol–water partition coefficient (Wildman–Crippen LogP) is 4.61. The summed E-state index contributed by atoms with van der Waals surface area (Å²) in [6, 6.07) is 20.2. The van der Waals surface area contributed by atoms with Crippen LogP contribution in [0.2, 0.25) is 0 Å². The molecule has 2 aromatic rings. The van der Waals surface area contributed by atoms with Gasteiger partial charge in [0, 0.05) is 12.5 Å². The van der Waals surface area contributed by atoms with E-state index in [2.05, 4.69) is 18.2 Å². The van der Waals surface area contributed by atoms with Crippen LogP contribution in [0.3, 0.4) is 0 Å². The molecule has 0 radical (unpaired) electrons. The number of hydrogen-bond donors (Lipinski definition) is 1. The molecule has 34 heavy (non-hydrogen) atoms. The van der Waals surface area contributed by atoms with Crippen molar-refractivity contribution in [1.29, 1.82) is 21.2 Å². The molecule has 2 aromatic carbocycles. The van der Waals surface area contributed by atoms with Crippen LogP contribution in [0.4, 0.5) is 0 Å². The minimum Gasteiger partial charge on any atom is -0.496 e. The minimum atomic E-state index is -2.08. The Morgan fingerprint density at radius 3 is 2.29 bits per heavy atom. The second-order valence-corrected chi connectivity index (χ2v) is 8.49. The van der Waals surface area contributed by atoms with Crippen molar-refractivity contribution in [3.63, 3.8) is 0 Å². The number of ether oxygens (including phenoxy) is 4. The molecule has 8 heteroatoms. The topological polar surface area (TPSA) is 132 Å². The molecular formula is C26H24N4O4. The van der Waals surface area contributed by atoms with E-state index in [1.807, 2.05) is 6.92 Å². The summed E-state index contributed by atoms with van der Waals surface area (Å²) in [6.45, 7) is 4.19. The Kier molecular flexibility index (Phi) is 5.69. The lowest BCUT2D eigenvalue weighted by molar-refractivity contribution is -0.253. The molecule has 172 valence electrons. The molecule has 2 aliphatic heterocycles. The normalized spacial score (nSPS) is 28.6. The third-order valence-electron chi connectivity index (χ3n) is 6.62. The molecule has 2 aliphatic rings. The fourth-order valence-electron chi connectivity index (χ4n) is 5.11. The number of nitrogens with one attached hydrogen (secondary N) is 1. The Morgan fingerprint density at radius 1 is 1.03 bits per heavy atom. The Labute approximate surface area is 198 Å². The second-order valence-electron chi connectivity index (χ2n) is 8.49. The van der Waals surface area contributed by atoms with E-state index in [0.717, 1.165) is 6.42 Å². The highest BCUT2D eigenvalue weighted by molar-refractivity contribution is 5.90. The quantitative estimate of drug-likeness (QED) is 0.671. The average molecular weight is 457 g/mol. The van der Waals surface area contributed by atoms with Gasteiger partial charge in [-0.1, -0.05) is 37.3 Å². The fourth-order valence-corrected chi connectivity index (χ4v) is 5.11. The number of fused-ring (bicyclic) bond motifs is 2. The molecule has 2 fully saturated rings. The second kappa shape index (κ2) is 8.37. The van der Waals surface area contributed by atoms with Crippen LogP contribution >= 0.6 is 0 Å². The van der Waals surface area contributed by atoms with Crippen molar-refractivity contribution in [2.45, 2.75) is 38.1 Å². The molecule has 0 spiro atoms. The van der Waals surface area contributed by atoms with Gasteiger partial charge in [-0.05, 0) is 30.2 Å². The van der Waals surface area contributed by atoms with E-state index in [1.54, 1.807) is 55.5 Å². The number of benzene rings is 2. The molecule has 0 aromatic heterocycles. The summed E-state index contributed by atoms with van der Waals surface area (Å²) in [5, 5.41) is 40.1. The Bertz CT molecular complexity index is 1230. The highest BCUT2D eigenvalue weighted by Crippen LogP contribution is 2.70. The molecule has 4 unspecified atom stereocenters. The van der Waals surface area contributed by atoms with Crippen LogP contribution in [0, 0.1) is 50.2 Å². The van der Waals surface area contributed by atoms with Crippen LogP contribution in [0.1, 0.15) is 43.4 Å². The molecule has 1 N–H and O–H groups in total. The van der Waals surface area contributed by atoms with Gasteiger partial charge in [-0.25, -0.2) is 0 Å². The van der Waals surface area contributed by atoms with Crippen molar-refractivity contribution in [2.24, 2.45) is 10.8 Å². The van der Waals surface area contributed by atoms with Crippen molar-refractivity contribution in [1.82, 2.24) is 0 Å². The Morgan fingerprint density at radius 2 is 1.71 bits per heavy atom. The van der Waals surface area contributed by atoms with Gasteiger partial charge in [0.15, 0.2) is 5.41 Å². The van der Waals surface area contributed by atoms with Crippen LogP contribution in [0.5, 0.6) is 11.5 Å². The van der Waals surface area contributed by atoms with Gasteiger partial charge in [0.25, 0.3) is 0 Å². The van der Waals surface area contributed by atoms with E-state index in [0.29, 0.717) is 29.2 Å². The van der Waals surface area contributed by atoms with Gasteiger partial charge >= 0.3 is 0 Å². The van der Waals surface area contributed by atoms with Crippen LogP contribution in [-0.4, -0.2) is 25.4 Å². The molecule has 2 heterocycles. The lowest BCUT2D eigenvalue weighted by Gasteiger charge is -2.49. The average Bonchev–Trinajstić information content (AvgIpc) is 3.05. The predicted molar refractivity (Wildman–Crippen MR) is 121 cm³/mol. The first-order chi connectivity index (χ1) is 16.4. The van der Waals surface area contributed by atoms with Crippen LogP contribution in [0.25, 0.3) is 0 Å². The zero-order chi connectivity index (χ0) is 24.6. The van der Waals surface area contributed by atoms with Crippen molar-refractivity contribution >= 4 is 5.90 Å².